The topological polar surface area (TPSA) is 58.4 Å². The first-order valence-electron chi connectivity index (χ1n) is 8.45. The van der Waals surface area contributed by atoms with Crippen LogP contribution in [0.1, 0.15) is 46.0 Å². The van der Waals surface area contributed by atoms with E-state index in [1.54, 1.807) is 11.9 Å². The van der Waals surface area contributed by atoms with Crippen LogP contribution in [0.15, 0.2) is 12.4 Å². The Morgan fingerprint density at radius 2 is 1.92 bits per heavy atom. The molecule has 1 saturated heterocycles. The third-order valence-electron chi connectivity index (χ3n) is 4.49. The monoisotopic (exact) mass is 356 g/mol. The van der Waals surface area contributed by atoms with Gasteiger partial charge in [0, 0.05) is 43.9 Å². The van der Waals surface area contributed by atoms with Crippen LogP contribution in [-0.2, 0) is 16.1 Å². The largest absolute Gasteiger partial charge is 0.342 e. The van der Waals surface area contributed by atoms with Crippen LogP contribution in [0.2, 0.25) is 0 Å². The van der Waals surface area contributed by atoms with Gasteiger partial charge in [0.1, 0.15) is 5.82 Å². The molecular weight excluding hydrogens is 330 g/mol. The Morgan fingerprint density at radius 3 is 2.44 bits per heavy atom. The molecule has 0 saturated carbocycles. The van der Waals surface area contributed by atoms with Crippen molar-refractivity contribution < 1.29 is 18.4 Å². The molecule has 0 N–H and O–H groups in total. The zero-order chi connectivity index (χ0) is 18.8. The molecule has 0 aliphatic carbocycles. The molecule has 1 aromatic heterocycles. The minimum atomic E-state index is -2.67. The number of rotatable bonds is 4. The predicted octanol–water partition coefficient (Wildman–Crippen LogP) is 2.52. The number of piperidine rings is 1. The third-order valence-corrected chi connectivity index (χ3v) is 4.49. The summed E-state index contributed by atoms with van der Waals surface area (Å²) in [5, 5.41) is 0. The van der Waals surface area contributed by atoms with Gasteiger partial charge in [-0.25, -0.2) is 4.98 Å². The molecule has 2 heterocycles. The van der Waals surface area contributed by atoms with E-state index in [1.807, 2.05) is 20.8 Å². The fourth-order valence-corrected chi connectivity index (χ4v) is 3.05. The molecule has 0 radical (unpaired) electrons. The number of nitrogens with zero attached hydrogens (tertiary/aromatic N) is 4. The maximum Gasteiger partial charge on any atom is 0.319 e. The van der Waals surface area contributed by atoms with Crippen LogP contribution in [0.4, 0.5) is 8.78 Å². The highest BCUT2D eigenvalue weighted by molar-refractivity contribution is 5.82. The van der Waals surface area contributed by atoms with Crippen LogP contribution >= 0.6 is 0 Å². The zero-order valence-corrected chi connectivity index (χ0v) is 15.2. The molecule has 0 unspecified atom stereocenters. The predicted molar refractivity (Wildman–Crippen MR) is 88.7 cm³/mol. The van der Waals surface area contributed by atoms with E-state index in [1.165, 1.54) is 17.3 Å². The van der Waals surface area contributed by atoms with Crippen molar-refractivity contribution in [3.05, 3.63) is 18.2 Å². The Labute approximate surface area is 146 Å². The van der Waals surface area contributed by atoms with Gasteiger partial charge in [-0.1, -0.05) is 20.8 Å². The molecule has 1 aromatic rings. The number of hydrogen-bond donors (Lipinski definition) is 0. The van der Waals surface area contributed by atoms with Crippen molar-refractivity contribution in [3.8, 4) is 0 Å². The molecule has 8 heteroatoms. The number of alkyl halides is 2. The normalized spacial score (nSPS) is 16.4. The molecule has 6 nitrogen and oxygen atoms in total. The van der Waals surface area contributed by atoms with Crippen LogP contribution < -0.4 is 0 Å². The molecular formula is C17H26F2N4O2. The van der Waals surface area contributed by atoms with E-state index < -0.39 is 12.0 Å². The molecule has 1 aliphatic rings. The molecule has 0 spiro atoms. The summed E-state index contributed by atoms with van der Waals surface area (Å²) in [4.78, 5) is 32.0. The second-order valence-corrected chi connectivity index (χ2v) is 7.54. The number of amides is 2. The summed E-state index contributed by atoms with van der Waals surface area (Å²) >= 11 is 0. The highest BCUT2D eigenvalue weighted by Gasteiger charge is 2.33. The molecule has 0 atom stereocenters. The highest BCUT2D eigenvalue weighted by Crippen LogP contribution is 2.25. The van der Waals surface area contributed by atoms with Crippen LogP contribution in [0, 0.1) is 11.3 Å². The summed E-state index contributed by atoms with van der Waals surface area (Å²) in [5.41, 5.74) is -0.431. The summed E-state index contributed by atoms with van der Waals surface area (Å²) in [6.07, 6.45) is 3.69. The van der Waals surface area contributed by atoms with Gasteiger partial charge in [-0.05, 0) is 12.8 Å². The summed E-state index contributed by atoms with van der Waals surface area (Å²) in [6.45, 7) is 4.10. The minimum Gasteiger partial charge on any atom is -0.342 e. The molecule has 2 amide bonds. The number of halogens is 2. The van der Waals surface area contributed by atoms with Gasteiger partial charge >= 0.3 is 6.55 Å². The van der Waals surface area contributed by atoms with Crippen molar-refractivity contribution in [2.45, 2.75) is 46.7 Å². The molecule has 0 aromatic carbocycles. The lowest BCUT2D eigenvalue weighted by Gasteiger charge is -2.36. The Bertz CT molecular complexity index is 616. The molecule has 140 valence electrons. The first-order chi connectivity index (χ1) is 11.6. The van der Waals surface area contributed by atoms with Gasteiger partial charge in [-0.15, -0.1) is 0 Å². The van der Waals surface area contributed by atoms with Crippen molar-refractivity contribution in [1.29, 1.82) is 0 Å². The Morgan fingerprint density at radius 1 is 1.32 bits per heavy atom. The summed E-state index contributed by atoms with van der Waals surface area (Å²) in [5.74, 6) is -0.0347. The standard InChI is InChI=1S/C17H26F2N4O2/c1-17(2,3)15(25)22-8-5-12(6-9-22)14(24)21(4)11-13-20-7-10-23(13)16(18)19/h7,10,12,16H,5-6,8-9,11H2,1-4H3. The fraction of sp³-hybridized carbons (Fsp3) is 0.706. The minimum absolute atomic E-state index is 0.0390. The van der Waals surface area contributed by atoms with Gasteiger partial charge < -0.3 is 9.80 Å². The second kappa shape index (κ2) is 7.49. The van der Waals surface area contributed by atoms with Crippen LogP contribution in [0.3, 0.4) is 0 Å². The number of imidazole rings is 1. The van der Waals surface area contributed by atoms with E-state index in [9.17, 15) is 18.4 Å². The van der Waals surface area contributed by atoms with Crippen molar-refractivity contribution in [2.24, 2.45) is 11.3 Å². The van der Waals surface area contributed by atoms with Crippen LogP contribution in [0.25, 0.3) is 0 Å². The van der Waals surface area contributed by atoms with E-state index in [-0.39, 0.29) is 30.1 Å². The number of aromatic nitrogens is 2. The molecule has 1 aliphatic heterocycles. The third kappa shape index (κ3) is 4.55. The molecule has 2 rings (SSSR count). The van der Waals surface area contributed by atoms with Crippen LogP contribution in [-0.4, -0.2) is 51.3 Å². The summed E-state index contributed by atoms with van der Waals surface area (Å²) in [6, 6.07) is 0. The highest BCUT2D eigenvalue weighted by atomic mass is 19.3. The number of likely N-dealkylation sites (tertiary alicyclic amines) is 1. The van der Waals surface area contributed by atoms with E-state index in [4.69, 9.17) is 0 Å². The van der Waals surface area contributed by atoms with Crippen molar-refractivity contribution in [2.75, 3.05) is 20.1 Å². The van der Waals surface area contributed by atoms with Gasteiger partial charge in [-0.2, -0.15) is 8.78 Å². The van der Waals surface area contributed by atoms with Gasteiger partial charge in [0.25, 0.3) is 0 Å². The smallest absolute Gasteiger partial charge is 0.319 e. The molecule has 0 bridgehead atoms. The second-order valence-electron chi connectivity index (χ2n) is 7.54. The lowest BCUT2D eigenvalue weighted by atomic mass is 9.90. The van der Waals surface area contributed by atoms with E-state index in [2.05, 4.69) is 4.98 Å². The first-order valence-corrected chi connectivity index (χ1v) is 8.45. The average molecular weight is 356 g/mol. The molecule has 25 heavy (non-hydrogen) atoms. The van der Waals surface area contributed by atoms with Gasteiger partial charge in [0.2, 0.25) is 11.8 Å². The lowest BCUT2D eigenvalue weighted by Crippen LogP contribution is -2.46. The number of carbonyl (C=O) groups excluding carboxylic acids is 2. The van der Waals surface area contributed by atoms with E-state index in [0.29, 0.717) is 25.9 Å². The van der Waals surface area contributed by atoms with Crippen LogP contribution in [0.5, 0.6) is 0 Å². The van der Waals surface area contributed by atoms with Crippen molar-refractivity contribution in [1.82, 2.24) is 19.4 Å². The SMILES string of the molecule is CN(Cc1nccn1C(F)F)C(=O)C1CCN(C(=O)C(C)(C)C)CC1. The number of hydrogen-bond acceptors (Lipinski definition) is 3. The molecule has 1 fully saturated rings. The van der Waals surface area contributed by atoms with Crippen molar-refractivity contribution >= 4 is 11.8 Å². The van der Waals surface area contributed by atoms with E-state index >= 15 is 0 Å². The van der Waals surface area contributed by atoms with Gasteiger partial charge in [-0.3, -0.25) is 14.2 Å². The maximum atomic E-state index is 12.9. The fourth-order valence-electron chi connectivity index (χ4n) is 3.05. The maximum absolute atomic E-state index is 12.9. The Balaban J connectivity index is 1.91. The Hall–Kier alpha value is -1.99. The van der Waals surface area contributed by atoms with Gasteiger partial charge in [0.05, 0.1) is 6.54 Å². The average Bonchev–Trinajstić information content (AvgIpc) is 3.01. The Kier molecular flexibility index (Phi) is 5.80. The number of carbonyl (C=O) groups is 2. The summed E-state index contributed by atoms with van der Waals surface area (Å²) < 4.78 is 26.5. The zero-order valence-electron chi connectivity index (χ0n) is 15.2. The quantitative estimate of drug-likeness (QED) is 0.833. The van der Waals surface area contributed by atoms with E-state index in [0.717, 1.165) is 4.57 Å². The van der Waals surface area contributed by atoms with Crippen molar-refractivity contribution in [3.63, 3.8) is 0 Å². The summed E-state index contributed by atoms with van der Waals surface area (Å²) in [7, 11) is 1.60. The van der Waals surface area contributed by atoms with Gasteiger partial charge in [0.15, 0.2) is 0 Å². The lowest BCUT2D eigenvalue weighted by molar-refractivity contribution is -0.144. The first kappa shape index (κ1) is 19.3.